The molecule has 0 saturated heterocycles. The van der Waals surface area contributed by atoms with Gasteiger partial charge in [-0.1, -0.05) is 160 Å². The van der Waals surface area contributed by atoms with E-state index in [-0.39, 0.29) is 42.7 Å². The Morgan fingerprint density at radius 3 is 1.89 bits per heavy atom. The molecule has 0 unspecified atom stereocenters. The van der Waals surface area contributed by atoms with Crippen molar-refractivity contribution >= 4 is 50.6 Å². The summed E-state index contributed by atoms with van der Waals surface area (Å²) in [5.41, 5.74) is 13.2. The molecule has 0 spiro atoms. The van der Waals surface area contributed by atoms with Crippen molar-refractivity contribution in [3.63, 3.8) is 0 Å². The number of benzene rings is 6. The van der Waals surface area contributed by atoms with Crippen LogP contribution in [-0.2, 0) is 42.7 Å². The van der Waals surface area contributed by atoms with E-state index in [4.69, 9.17) is 9.72 Å². The van der Waals surface area contributed by atoms with E-state index in [1.54, 1.807) is 0 Å². The Balaban J connectivity index is 0.00000560. The van der Waals surface area contributed by atoms with Crippen molar-refractivity contribution in [1.29, 1.82) is 0 Å². The molecule has 3 heterocycles. The van der Waals surface area contributed by atoms with Crippen LogP contribution in [0.2, 0.25) is 0 Å². The molecule has 0 bridgehead atoms. The molecule has 0 atom stereocenters. The van der Waals surface area contributed by atoms with E-state index < -0.39 is 0 Å². The molecule has 0 fully saturated rings. The summed E-state index contributed by atoms with van der Waals surface area (Å²) >= 11 is 0. The zero-order chi connectivity index (χ0) is 44.6. The number of pyridine rings is 1. The number of fused-ring (bicyclic) bond motifs is 4. The normalized spacial score (nSPS) is 13.1. The number of hydrogen-bond acceptors (Lipinski definition) is 2. The first kappa shape index (κ1) is 44.7. The zero-order valence-corrected chi connectivity index (χ0v) is 41.5. The van der Waals surface area contributed by atoms with Gasteiger partial charge in [0.15, 0.2) is 0 Å². The minimum absolute atomic E-state index is 0. The van der Waals surface area contributed by atoms with Crippen LogP contribution in [0.4, 0.5) is 22.7 Å². The molecule has 0 amide bonds. The maximum Gasteiger partial charge on any atom is 2.00 e. The second-order valence-corrected chi connectivity index (χ2v) is 21.1. The Kier molecular flexibility index (Phi) is 11.4. The molecule has 0 radical (unpaired) electrons. The number of para-hydroxylation sites is 2. The van der Waals surface area contributed by atoms with Crippen LogP contribution in [0.1, 0.15) is 105 Å². The third-order valence-corrected chi connectivity index (χ3v) is 12.2. The van der Waals surface area contributed by atoms with Crippen molar-refractivity contribution in [3.8, 4) is 28.4 Å². The van der Waals surface area contributed by atoms with Crippen LogP contribution in [0.15, 0.2) is 134 Å². The van der Waals surface area contributed by atoms with Gasteiger partial charge in [0.1, 0.15) is 11.5 Å². The van der Waals surface area contributed by atoms with Gasteiger partial charge in [0, 0.05) is 41.4 Å². The number of rotatable bonds is 6. The van der Waals surface area contributed by atoms with Gasteiger partial charge in [0.25, 0.3) is 5.69 Å². The summed E-state index contributed by atoms with van der Waals surface area (Å²) in [5, 5.41) is 2.23. The topological polar surface area (TPSA) is 33.1 Å². The molecule has 6 aromatic carbocycles. The van der Waals surface area contributed by atoms with Crippen molar-refractivity contribution in [2.24, 2.45) is 0 Å². The second kappa shape index (κ2) is 16.3. The molecular weight excluding hydrogens is 964 g/mol. The molecule has 0 aliphatic carbocycles. The minimum Gasteiger partial charge on any atom is -0.509 e. The molecule has 64 heavy (non-hydrogen) atoms. The maximum atomic E-state index is 6.68. The average Bonchev–Trinajstić information content (AvgIpc) is 3.79. The number of ether oxygens (including phenoxy) is 1. The van der Waals surface area contributed by atoms with Gasteiger partial charge in [-0.3, -0.25) is 0 Å². The van der Waals surface area contributed by atoms with Crippen molar-refractivity contribution in [1.82, 2.24) is 18.7 Å². The summed E-state index contributed by atoms with van der Waals surface area (Å²) < 4.78 is 13.3. The predicted octanol–water partition coefficient (Wildman–Crippen LogP) is 15.3. The van der Waals surface area contributed by atoms with Crippen molar-refractivity contribution in [2.75, 3.05) is 0 Å². The fraction of sp³-hybridized carbons (Fsp3) is 0.276. The first-order chi connectivity index (χ1) is 29.7. The van der Waals surface area contributed by atoms with Gasteiger partial charge < -0.3 is 9.30 Å². The van der Waals surface area contributed by atoms with Crippen LogP contribution in [0.5, 0.6) is 11.5 Å². The zero-order valence-electron chi connectivity index (χ0n) is 39.2. The van der Waals surface area contributed by atoms with E-state index >= 15 is 0 Å². The molecular formula is C58H58N4OPt+2. The largest absolute Gasteiger partial charge is 2.00 e. The van der Waals surface area contributed by atoms with Crippen molar-refractivity contribution in [2.45, 2.75) is 105 Å². The Bertz CT molecular complexity index is 3140. The summed E-state index contributed by atoms with van der Waals surface area (Å²) in [6, 6.07) is 56.6. The summed E-state index contributed by atoms with van der Waals surface area (Å²) in [5.74, 6) is 2.03. The Labute approximate surface area is 394 Å². The predicted molar refractivity (Wildman–Crippen MR) is 264 cm³/mol. The summed E-state index contributed by atoms with van der Waals surface area (Å²) in [7, 11) is 0. The van der Waals surface area contributed by atoms with Crippen LogP contribution in [-0.4, -0.2) is 15.6 Å². The quantitative estimate of drug-likeness (QED) is 0.123. The number of nitrogens with zero attached hydrogens (tertiary/aromatic N) is 4. The minimum atomic E-state index is -0.0559. The van der Waals surface area contributed by atoms with E-state index in [1.807, 2.05) is 24.4 Å². The van der Waals surface area contributed by atoms with Crippen molar-refractivity contribution < 1.29 is 25.8 Å². The first-order valence-corrected chi connectivity index (χ1v) is 22.1. The van der Waals surface area contributed by atoms with Crippen LogP contribution in [0.3, 0.4) is 0 Å². The molecule has 9 rings (SSSR count). The van der Waals surface area contributed by atoms with Crippen LogP contribution >= 0.6 is 0 Å². The fourth-order valence-corrected chi connectivity index (χ4v) is 8.44. The number of hydrogen-bond donors (Lipinski definition) is 0. The molecule has 0 N–H and O–H groups in total. The molecule has 2 aromatic heterocycles. The Hall–Kier alpha value is -5.86. The van der Waals surface area contributed by atoms with E-state index in [1.165, 1.54) is 27.8 Å². The smallest absolute Gasteiger partial charge is 0.509 e. The van der Waals surface area contributed by atoms with E-state index in [9.17, 15) is 0 Å². The van der Waals surface area contributed by atoms with Gasteiger partial charge >= 0.3 is 32.8 Å². The van der Waals surface area contributed by atoms with Gasteiger partial charge in [0.2, 0.25) is 5.69 Å². The molecule has 5 nitrogen and oxygen atoms in total. The van der Waals surface area contributed by atoms with E-state index in [0.717, 1.165) is 55.9 Å². The molecule has 324 valence electrons. The van der Waals surface area contributed by atoms with Gasteiger partial charge in [-0.15, -0.1) is 23.6 Å². The van der Waals surface area contributed by atoms with Crippen LogP contribution in [0, 0.1) is 12.1 Å². The van der Waals surface area contributed by atoms with E-state index in [0.29, 0.717) is 11.5 Å². The van der Waals surface area contributed by atoms with Crippen LogP contribution in [0.25, 0.3) is 38.8 Å². The summed E-state index contributed by atoms with van der Waals surface area (Å²) in [6.07, 6.45) is 1.90. The van der Waals surface area contributed by atoms with Crippen molar-refractivity contribution in [3.05, 3.63) is 168 Å². The number of aromatic nitrogens is 2. The van der Waals surface area contributed by atoms with E-state index in [2.05, 4.69) is 224 Å². The van der Waals surface area contributed by atoms with Gasteiger partial charge in [-0.05, 0) is 83.7 Å². The molecule has 1 aliphatic heterocycles. The third kappa shape index (κ3) is 8.45. The SMILES string of the molecule is CC(C)(C)c1cccc(-c2cccc3c2[N+](c2cc(C(C)(C)C)cc(C(C)(C)C)c2)=C=[N+]3c2[c-]c(Oc3[c-]c4c(cc3)c3ccccc3n4-c3cc(C(C)(C)C)ccn3)ccc2)c1.[Pt+2]. The average molecular weight is 1020 g/mol. The second-order valence-electron chi connectivity index (χ2n) is 21.1. The van der Waals surface area contributed by atoms with Gasteiger partial charge in [-0.2, -0.15) is 12.1 Å². The molecule has 0 saturated carbocycles. The summed E-state index contributed by atoms with van der Waals surface area (Å²) in [4.78, 5) is 4.86. The third-order valence-electron chi connectivity index (χ3n) is 12.2. The fourth-order valence-electron chi connectivity index (χ4n) is 8.44. The molecule has 8 aromatic rings. The van der Waals surface area contributed by atoms with Crippen LogP contribution < -0.4 is 13.9 Å². The molecule has 1 aliphatic rings. The monoisotopic (exact) mass is 1020 g/mol. The summed E-state index contributed by atoms with van der Waals surface area (Å²) in [6.45, 7) is 27.2. The molecule has 6 heteroatoms. The van der Waals surface area contributed by atoms with Gasteiger partial charge in [0.05, 0.1) is 5.56 Å². The standard InChI is InChI=1S/C58H58N4O.Pt/c1-55(2,3)39-19-15-18-38(30-39)47-23-17-25-51-54(47)61(44-32-41(57(7,8)9)31-42(33-44)58(10,11)12)37-60(51)43-20-16-21-45(35-43)63-46-26-27-49-48-22-13-14-24-50(48)62(52(49)36-46)53-34-40(28-29-59-53)56(4,5)6;/h13-34H,1-12H3;/q;+2. The Morgan fingerprint density at radius 1 is 0.547 bits per heavy atom. The first-order valence-electron chi connectivity index (χ1n) is 22.1. The Morgan fingerprint density at radius 2 is 1.19 bits per heavy atom. The maximum absolute atomic E-state index is 6.68. The van der Waals surface area contributed by atoms with Gasteiger partial charge in [-0.25, -0.2) is 4.98 Å².